The Labute approximate surface area is 108 Å². The van der Waals surface area contributed by atoms with E-state index in [1.165, 1.54) is 13.3 Å². The highest BCUT2D eigenvalue weighted by molar-refractivity contribution is 6.06. The highest BCUT2D eigenvalue weighted by Crippen LogP contribution is 2.21. The van der Waals surface area contributed by atoms with Crippen molar-refractivity contribution in [2.75, 3.05) is 7.11 Å². The van der Waals surface area contributed by atoms with Crippen LogP contribution in [0.15, 0.2) is 47.4 Å². The molecule has 0 aliphatic carbocycles. The Morgan fingerprint density at radius 2 is 1.89 bits per heavy atom. The lowest BCUT2D eigenvalue weighted by Gasteiger charge is -2.05. The zero-order chi connectivity index (χ0) is 13.4. The molecule has 1 aromatic heterocycles. The number of rotatable bonds is 1. The molecule has 94 valence electrons. The van der Waals surface area contributed by atoms with Gasteiger partial charge in [-0.15, -0.1) is 0 Å². The van der Waals surface area contributed by atoms with Gasteiger partial charge in [-0.25, -0.2) is 4.79 Å². The monoisotopic (exact) mass is 253 g/mol. The molecule has 0 aliphatic heterocycles. The molecular formula is C15H11NO3. The van der Waals surface area contributed by atoms with Gasteiger partial charge in [0.1, 0.15) is 5.56 Å². The molecule has 4 heteroatoms. The third kappa shape index (κ3) is 1.69. The Balaban J connectivity index is 2.43. The van der Waals surface area contributed by atoms with Gasteiger partial charge in [0, 0.05) is 17.0 Å². The topological polar surface area (TPSA) is 59.2 Å². The number of carbonyl (C=O) groups is 1. The van der Waals surface area contributed by atoms with Gasteiger partial charge in [-0.3, -0.25) is 4.79 Å². The van der Waals surface area contributed by atoms with E-state index in [1.807, 2.05) is 30.3 Å². The molecule has 0 bridgehead atoms. The quantitative estimate of drug-likeness (QED) is 0.535. The zero-order valence-electron chi connectivity index (χ0n) is 10.3. The Bertz CT molecular complexity index is 849. The lowest BCUT2D eigenvalue weighted by molar-refractivity contribution is 0.0599. The van der Waals surface area contributed by atoms with Crippen LogP contribution >= 0.6 is 0 Å². The number of carbonyl (C=O) groups excluding carboxylic acids is 1. The summed E-state index contributed by atoms with van der Waals surface area (Å²) < 4.78 is 4.59. The lowest BCUT2D eigenvalue weighted by atomic mass is 10.0. The molecule has 2 aromatic carbocycles. The summed E-state index contributed by atoms with van der Waals surface area (Å²) >= 11 is 0. The Morgan fingerprint density at radius 3 is 2.68 bits per heavy atom. The van der Waals surface area contributed by atoms with Crippen LogP contribution in [-0.4, -0.2) is 18.1 Å². The van der Waals surface area contributed by atoms with E-state index >= 15 is 0 Å². The molecule has 19 heavy (non-hydrogen) atoms. The van der Waals surface area contributed by atoms with Crippen molar-refractivity contribution in [3.63, 3.8) is 0 Å². The second kappa shape index (κ2) is 4.24. The van der Waals surface area contributed by atoms with Gasteiger partial charge in [-0.1, -0.05) is 30.3 Å². The van der Waals surface area contributed by atoms with Gasteiger partial charge in [0.25, 0.3) is 0 Å². The number of ether oxygens (including phenoxy) is 1. The first-order valence-corrected chi connectivity index (χ1v) is 5.84. The molecule has 0 unspecified atom stereocenters. The molecule has 1 N–H and O–H groups in total. The minimum absolute atomic E-state index is 0.0188. The van der Waals surface area contributed by atoms with Crippen LogP contribution in [-0.2, 0) is 4.74 Å². The van der Waals surface area contributed by atoms with Crippen molar-refractivity contribution in [3.05, 3.63) is 58.4 Å². The van der Waals surface area contributed by atoms with E-state index < -0.39 is 5.97 Å². The standard InChI is InChI=1S/C15H11NO3/c1-19-15(18)12-8-16-13-10-5-3-2-4-9(10)6-7-11(13)14(12)17/h2-8H,1H3,(H,16,17). The van der Waals surface area contributed by atoms with E-state index in [1.54, 1.807) is 6.07 Å². The molecule has 0 amide bonds. The van der Waals surface area contributed by atoms with Crippen LogP contribution in [0.25, 0.3) is 21.7 Å². The number of hydrogen-bond donors (Lipinski definition) is 1. The van der Waals surface area contributed by atoms with E-state index in [4.69, 9.17) is 0 Å². The van der Waals surface area contributed by atoms with E-state index in [2.05, 4.69) is 9.72 Å². The molecule has 0 saturated carbocycles. The molecule has 4 nitrogen and oxygen atoms in total. The van der Waals surface area contributed by atoms with E-state index in [-0.39, 0.29) is 11.0 Å². The average Bonchev–Trinajstić information content (AvgIpc) is 2.46. The number of pyridine rings is 1. The van der Waals surface area contributed by atoms with Crippen LogP contribution in [0.5, 0.6) is 0 Å². The summed E-state index contributed by atoms with van der Waals surface area (Å²) in [6, 6.07) is 11.4. The maximum atomic E-state index is 12.3. The number of methoxy groups -OCH3 is 1. The van der Waals surface area contributed by atoms with Crippen molar-refractivity contribution in [3.8, 4) is 0 Å². The summed E-state index contributed by atoms with van der Waals surface area (Å²) in [6.07, 6.45) is 1.41. The summed E-state index contributed by atoms with van der Waals surface area (Å²) in [7, 11) is 1.26. The Morgan fingerprint density at radius 1 is 1.11 bits per heavy atom. The van der Waals surface area contributed by atoms with Gasteiger partial charge in [0.2, 0.25) is 5.43 Å². The molecule has 0 fully saturated rings. The number of esters is 1. The summed E-state index contributed by atoms with van der Waals surface area (Å²) in [5.41, 5.74) is 0.437. The molecule has 3 rings (SSSR count). The number of H-pyrrole nitrogens is 1. The maximum absolute atomic E-state index is 12.3. The van der Waals surface area contributed by atoms with Crippen molar-refractivity contribution in [2.24, 2.45) is 0 Å². The highest BCUT2D eigenvalue weighted by Gasteiger charge is 2.13. The van der Waals surface area contributed by atoms with Crippen LogP contribution in [0.3, 0.4) is 0 Å². The second-order valence-corrected chi connectivity index (χ2v) is 4.23. The van der Waals surface area contributed by atoms with Gasteiger partial charge in [0.15, 0.2) is 0 Å². The minimum Gasteiger partial charge on any atom is -0.465 e. The molecule has 1 heterocycles. The Kier molecular flexibility index (Phi) is 2.56. The second-order valence-electron chi connectivity index (χ2n) is 4.23. The molecule has 0 aliphatic rings. The fourth-order valence-electron chi connectivity index (χ4n) is 2.23. The normalized spacial score (nSPS) is 10.8. The third-order valence-electron chi connectivity index (χ3n) is 3.18. The predicted octanol–water partition coefficient (Wildman–Crippen LogP) is 2.47. The van der Waals surface area contributed by atoms with E-state index in [0.29, 0.717) is 5.39 Å². The number of aromatic nitrogens is 1. The largest absolute Gasteiger partial charge is 0.465 e. The maximum Gasteiger partial charge on any atom is 0.343 e. The first-order valence-electron chi connectivity index (χ1n) is 5.84. The average molecular weight is 253 g/mol. The van der Waals surface area contributed by atoms with Gasteiger partial charge >= 0.3 is 5.97 Å². The van der Waals surface area contributed by atoms with Crippen molar-refractivity contribution in [2.45, 2.75) is 0 Å². The van der Waals surface area contributed by atoms with Crippen molar-refractivity contribution in [1.29, 1.82) is 0 Å². The number of aromatic amines is 1. The van der Waals surface area contributed by atoms with Crippen LogP contribution in [0, 0.1) is 0 Å². The fourth-order valence-corrected chi connectivity index (χ4v) is 2.23. The van der Waals surface area contributed by atoms with Crippen LogP contribution in [0.4, 0.5) is 0 Å². The molecule has 0 radical (unpaired) electrons. The zero-order valence-corrected chi connectivity index (χ0v) is 10.3. The molecular weight excluding hydrogens is 242 g/mol. The Hall–Kier alpha value is -2.62. The summed E-state index contributed by atoms with van der Waals surface area (Å²) in [4.78, 5) is 26.8. The first kappa shape index (κ1) is 11.5. The van der Waals surface area contributed by atoms with Crippen molar-refractivity contribution < 1.29 is 9.53 Å². The van der Waals surface area contributed by atoms with Gasteiger partial charge in [-0.05, 0) is 11.5 Å². The van der Waals surface area contributed by atoms with Crippen molar-refractivity contribution in [1.82, 2.24) is 4.98 Å². The third-order valence-corrected chi connectivity index (χ3v) is 3.18. The predicted molar refractivity (Wildman–Crippen MR) is 73.4 cm³/mol. The van der Waals surface area contributed by atoms with Crippen LogP contribution in [0.1, 0.15) is 10.4 Å². The summed E-state index contributed by atoms with van der Waals surface area (Å²) in [5, 5.41) is 2.48. The smallest absolute Gasteiger partial charge is 0.343 e. The highest BCUT2D eigenvalue weighted by atomic mass is 16.5. The van der Waals surface area contributed by atoms with Gasteiger partial charge in [-0.2, -0.15) is 0 Å². The molecule has 3 aromatic rings. The number of hydrogen-bond acceptors (Lipinski definition) is 3. The minimum atomic E-state index is -0.628. The molecule has 0 spiro atoms. The molecule has 0 saturated heterocycles. The number of fused-ring (bicyclic) bond motifs is 3. The fraction of sp³-hybridized carbons (Fsp3) is 0.0667. The van der Waals surface area contributed by atoms with Gasteiger partial charge in [0.05, 0.1) is 12.6 Å². The lowest BCUT2D eigenvalue weighted by Crippen LogP contribution is -2.16. The summed E-state index contributed by atoms with van der Waals surface area (Å²) in [5.74, 6) is -0.628. The van der Waals surface area contributed by atoms with Crippen LogP contribution < -0.4 is 5.43 Å². The van der Waals surface area contributed by atoms with E-state index in [9.17, 15) is 9.59 Å². The van der Waals surface area contributed by atoms with Crippen LogP contribution in [0.2, 0.25) is 0 Å². The number of benzene rings is 2. The molecule has 0 atom stereocenters. The first-order chi connectivity index (χ1) is 9.22. The van der Waals surface area contributed by atoms with Crippen molar-refractivity contribution >= 4 is 27.6 Å². The summed E-state index contributed by atoms with van der Waals surface area (Å²) in [6.45, 7) is 0. The SMILES string of the molecule is COC(=O)c1c[nH]c2c(ccc3ccccc32)c1=O. The van der Waals surface area contributed by atoms with Gasteiger partial charge < -0.3 is 9.72 Å². The number of nitrogens with one attached hydrogen (secondary N) is 1. The van der Waals surface area contributed by atoms with E-state index in [0.717, 1.165) is 16.3 Å².